The van der Waals surface area contributed by atoms with E-state index < -0.39 is 5.67 Å². The fourth-order valence-corrected chi connectivity index (χ4v) is 2.53. The van der Waals surface area contributed by atoms with Crippen molar-refractivity contribution >= 4 is 0 Å². The minimum atomic E-state index is -0.970. The number of halogens is 1. The zero-order chi connectivity index (χ0) is 9.31. The lowest BCUT2D eigenvalue weighted by Crippen LogP contribution is -2.50. The van der Waals surface area contributed by atoms with Gasteiger partial charge in [-0.2, -0.15) is 0 Å². The first-order valence-corrected chi connectivity index (χ1v) is 5.21. The van der Waals surface area contributed by atoms with Crippen molar-refractivity contribution in [1.29, 1.82) is 0 Å². The van der Waals surface area contributed by atoms with E-state index in [1.165, 1.54) is 0 Å². The summed E-state index contributed by atoms with van der Waals surface area (Å²) in [7, 11) is 0. The summed E-state index contributed by atoms with van der Waals surface area (Å²) in [6.45, 7) is 5.01. The first kappa shape index (κ1) is 9.41. The van der Waals surface area contributed by atoms with Crippen molar-refractivity contribution in [3.63, 3.8) is 0 Å². The van der Waals surface area contributed by atoms with E-state index in [-0.39, 0.29) is 11.8 Å². The second-order valence-corrected chi connectivity index (χ2v) is 4.34. The van der Waals surface area contributed by atoms with Crippen LogP contribution in [-0.2, 0) is 4.74 Å². The quantitative estimate of drug-likeness (QED) is 0.669. The van der Waals surface area contributed by atoms with Gasteiger partial charge in [0.2, 0.25) is 0 Å². The van der Waals surface area contributed by atoms with E-state index in [0.717, 1.165) is 26.1 Å². The lowest BCUT2D eigenvalue weighted by molar-refractivity contribution is -0.00657. The van der Waals surface area contributed by atoms with Gasteiger partial charge < -0.3 is 10.1 Å². The van der Waals surface area contributed by atoms with Crippen LogP contribution in [0.1, 0.15) is 19.8 Å². The van der Waals surface area contributed by atoms with Gasteiger partial charge in [0.1, 0.15) is 5.67 Å². The molecule has 2 nitrogen and oxygen atoms in total. The molecule has 1 N–H and O–H groups in total. The molecule has 2 aliphatic rings. The van der Waals surface area contributed by atoms with Gasteiger partial charge in [0, 0.05) is 25.0 Å². The Morgan fingerprint density at radius 3 is 3.00 bits per heavy atom. The normalized spacial score (nSPS) is 46.6. The summed E-state index contributed by atoms with van der Waals surface area (Å²) in [5, 5.41) is 3.23. The SMILES string of the molecule is CC1CNCCC1(F)C1CCOC1. The van der Waals surface area contributed by atoms with Crippen molar-refractivity contribution in [2.45, 2.75) is 25.4 Å². The van der Waals surface area contributed by atoms with Crippen molar-refractivity contribution in [3.8, 4) is 0 Å². The molecule has 0 aromatic rings. The third-order valence-electron chi connectivity index (χ3n) is 3.56. The molecule has 0 bridgehead atoms. The molecule has 13 heavy (non-hydrogen) atoms. The third-order valence-corrected chi connectivity index (χ3v) is 3.56. The number of nitrogens with one attached hydrogen (secondary N) is 1. The molecular formula is C10H18FNO. The molecule has 2 aliphatic heterocycles. The highest BCUT2D eigenvalue weighted by Gasteiger charge is 2.46. The van der Waals surface area contributed by atoms with Crippen molar-refractivity contribution in [2.75, 3.05) is 26.3 Å². The fraction of sp³-hybridized carbons (Fsp3) is 1.00. The third kappa shape index (κ3) is 1.59. The van der Waals surface area contributed by atoms with Crippen molar-refractivity contribution in [2.24, 2.45) is 11.8 Å². The summed E-state index contributed by atoms with van der Waals surface area (Å²) in [4.78, 5) is 0. The summed E-state index contributed by atoms with van der Waals surface area (Å²) < 4.78 is 19.8. The Balaban J connectivity index is 2.06. The lowest BCUT2D eigenvalue weighted by atomic mass is 9.75. The van der Waals surface area contributed by atoms with Crippen molar-refractivity contribution < 1.29 is 9.13 Å². The van der Waals surface area contributed by atoms with Crippen LogP contribution in [0.15, 0.2) is 0 Å². The Bertz CT molecular complexity index is 182. The number of rotatable bonds is 1. The Morgan fingerprint density at radius 2 is 2.38 bits per heavy atom. The minimum Gasteiger partial charge on any atom is -0.381 e. The molecule has 0 aromatic carbocycles. The van der Waals surface area contributed by atoms with Crippen LogP contribution in [0.4, 0.5) is 4.39 Å². The first-order valence-electron chi connectivity index (χ1n) is 5.21. The Labute approximate surface area is 78.8 Å². The van der Waals surface area contributed by atoms with Gasteiger partial charge in [-0.25, -0.2) is 4.39 Å². The zero-order valence-electron chi connectivity index (χ0n) is 8.18. The summed E-state index contributed by atoms with van der Waals surface area (Å²) in [6.07, 6.45) is 1.56. The molecule has 2 fully saturated rings. The van der Waals surface area contributed by atoms with E-state index in [0.29, 0.717) is 13.0 Å². The van der Waals surface area contributed by atoms with E-state index in [1.54, 1.807) is 0 Å². The highest BCUT2D eigenvalue weighted by Crippen LogP contribution is 2.39. The average Bonchev–Trinajstić information content (AvgIpc) is 2.63. The molecule has 2 saturated heterocycles. The molecule has 3 atom stereocenters. The molecule has 3 unspecified atom stereocenters. The van der Waals surface area contributed by atoms with Crippen LogP contribution < -0.4 is 5.32 Å². The average molecular weight is 187 g/mol. The Kier molecular flexibility index (Phi) is 2.56. The maximum Gasteiger partial charge on any atom is 0.121 e. The van der Waals surface area contributed by atoms with E-state index in [2.05, 4.69) is 5.32 Å². The topological polar surface area (TPSA) is 21.3 Å². The van der Waals surface area contributed by atoms with Gasteiger partial charge in [-0.15, -0.1) is 0 Å². The van der Waals surface area contributed by atoms with Crippen LogP contribution in [0.3, 0.4) is 0 Å². The number of hydrogen-bond acceptors (Lipinski definition) is 2. The van der Waals surface area contributed by atoms with Gasteiger partial charge >= 0.3 is 0 Å². The van der Waals surface area contributed by atoms with Gasteiger partial charge in [-0.3, -0.25) is 0 Å². The van der Waals surface area contributed by atoms with E-state index in [1.807, 2.05) is 6.92 Å². The maximum absolute atomic E-state index is 14.6. The fourth-order valence-electron chi connectivity index (χ4n) is 2.53. The van der Waals surface area contributed by atoms with Gasteiger partial charge in [0.05, 0.1) is 6.61 Å². The molecule has 0 amide bonds. The number of alkyl halides is 1. The number of hydrogen-bond donors (Lipinski definition) is 1. The van der Waals surface area contributed by atoms with Crippen LogP contribution >= 0.6 is 0 Å². The van der Waals surface area contributed by atoms with Crippen LogP contribution in [-0.4, -0.2) is 32.0 Å². The molecule has 2 rings (SSSR count). The molecule has 0 aliphatic carbocycles. The van der Waals surface area contributed by atoms with Crippen LogP contribution in [0, 0.1) is 11.8 Å². The molecule has 0 radical (unpaired) electrons. The van der Waals surface area contributed by atoms with Gasteiger partial charge in [-0.05, 0) is 19.4 Å². The molecule has 2 heterocycles. The smallest absolute Gasteiger partial charge is 0.121 e. The van der Waals surface area contributed by atoms with E-state index >= 15 is 0 Å². The van der Waals surface area contributed by atoms with Gasteiger partial charge in [0.25, 0.3) is 0 Å². The molecule has 0 spiro atoms. The second-order valence-electron chi connectivity index (χ2n) is 4.34. The monoisotopic (exact) mass is 187 g/mol. The van der Waals surface area contributed by atoms with Crippen molar-refractivity contribution in [3.05, 3.63) is 0 Å². The molecular weight excluding hydrogens is 169 g/mol. The van der Waals surface area contributed by atoms with Crippen molar-refractivity contribution in [1.82, 2.24) is 5.32 Å². The number of piperidine rings is 1. The lowest BCUT2D eigenvalue weighted by Gasteiger charge is -2.40. The van der Waals surface area contributed by atoms with Crippen LogP contribution in [0.5, 0.6) is 0 Å². The largest absolute Gasteiger partial charge is 0.381 e. The van der Waals surface area contributed by atoms with Crippen LogP contribution in [0.2, 0.25) is 0 Å². The van der Waals surface area contributed by atoms with Gasteiger partial charge in [0.15, 0.2) is 0 Å². The predicted molar refractivity (Wildman–Crippen MR) is 49.4 cm³/mol. The maximum atomic E-state index is 14.6. The zero-order valence-corrected chi connectivity index (χ0v) is 8.18. The summed E-state index contributed by atoms with van der Waals surface area (Å²) in [5.41, 5.74) is -0.970. The molecule has 76 valence electrons. The Hall–Kier alpha value is -0.150. The highest BCUT2D eigenvalue weighted by atomic mass is 19.1. The molecule has 3 heteroatoms. The Morgan fingerprint density at radius 1 is 1.54 bits per heavy atom. The second kappa shape index (κ2) is 3.54. The first-order chi connectivity index (χ1) is 6.23. The van der Waals surface area contributed by atoms with Crippen LogP contribution in [0.25, 0.3) is 0 Å². The summed E-state index contributed by atoms with van der Waals surface area (Å²) in [6, 6.07) is 0. The van der Waals surface area contributed by atoms with Gasteiger partial charge in [-0.1, -0.05) is 6.92 Å². The molecule has 0 aromatic heterocycles. The predicted octanol–water partition coefficient (Wildman–Crippen LogP) is 1.36. The number of ether oxygens (including phenoxy) is 1. The highest BCUT2D eigenvalue weighted by molar-refractivity contribution is 4.96. The van der Waals surface area contributed by atoms with E-state index in [4.69, 9.17) is 4.74 Å². The minimum absolute atomic E-state index is 0.132. The summed E-state index contributed by atoms with van der Waals surface area (Å²) >= 11 is 0. The molecule has 0 saturated carbocycles. The summed E-state index contributed by atoms with van der Waals surface area (Å²) in [5.74, 6) is 0.276. The van der Waals surface area contributed by atoms with E-state index in [9.17, 15) is 4.39 Å². The standard InChI is InChI=1S/C10H18FNO/c1-8-6-12-4-3-10(8,11)9-2-5-13-7-9/h8-9,12H,2-7H2,1H3.